The van der Waals surface area contributed by atoms with Gasteiger partial charge >= 0.3 is 6.03 Å². The number of urea groups is 1. The highest BCUT2D eigenvalue weighted by atomic mass is 16.5. The molecule has 32 heavy (non-hydrogen) atoms. The van der Waals surface area contributed by atoms with Crippen LogP contribution >= 0.6 is 0 Å². The van der Waals surface area contributed by atoms with Crippen molar-refractivity contribution in [3.8, 4) is 5.75 Å². The molecule has 0 heterocycles. The Labute approximate surface area is 189 Å². The van der Waals surface area contributed by atoms with E-state index >= 15 is 0 Å². The maximum atomic E-state index is 12.3. The van der Waals surface area contributed by atoms with Crippen molar-refractivity contribution >= 4 is 17.6 Å². The van der Waals surface area contributed by atoms with Gasteiger partial charge in [0.25, 0.3) is 0 Å². The van der Waals surface area contributed by atoms with E-state index in [0.717, 1.165) is 28.9 Å². The third kappa shape index (κ3) is 7.80. The fourth-order valence-corrected chi connectivity index (χ4v) is 3.05. The second kappa shape index (κ2) is 12.2. The zero-order valence-electron chi connectivity index (χ0n) is 18.3. The first kappa shape index (κ1) is 22.9. The van der Waals surface area contributed by atoms with Crippen molar-refractivity contribution in [3.63, 3.8) is 0 Å². The number of rotatable bonds is 10. The molecule has 3 rings (SSSR count). The molecule has 0 aliphatic carbocycles. The van der Waals surface area contributed by atoms with Crippen molar-refractivity contribution in [1.82, 2.24) is 10.6 Å². The average Bonchev–Trinajstić information content (AvgIpc) is 2.82. The molecule has 0 aliphatic rings. The molecule has 3 aromatic rings. The molecule has 0 saturated heterocycles. The van der Waals surface area contributed by atoms with Gasteiger partial charge in [-0.25, -0.2) is 4.79 Å². The van der Waals surface area contributed by atoms with E-state index in [1.54, 1.807) is 12.1 Å². The lowest BCUT2D eigenvalue weighted by Gasteiger charge is -2.10. The van der Waals surface area contributed by atoms with E-state index in [9.17, 15) is 9.59 Å². The third-order valence-electron chi connectivity index (χ3n) is 4.75. The molecule has 0 unspecified atom stereocenters. The van der Waals surface area contributed by atoms with Crippen LogP contribution in [-0.4, -0.2) is 18.5 Å². The van der Waals surface area contributed by atoms with Gasteiger partial charge in [-0.15, -0.1) is 0 Å². The Bertz CT molecular complexity index is 1000. The molecule has 0 atom stereocenters. The fraction of sp³-hybridized carbons (Fsp3) is 0.231. The minimum Gasteiger partial charge on any atom is -0.489 e. The smallest absolute Gasteiger partial charge is 0.319 e. The van der Waals surface area contributed by atoms with Crippen LogP contribution < -0.4 is 20.7 Å². The summed E-state index contributed by atoms with van der Waals surface area (Å²) in [6.45, 7) is 3.56. The molecule has 0 aliphatic heterocycles. The Kier molecular flexibility index (Phi) is 8.69. The molecule has 166 valence electrons. The van der Waals surface area contributed by atoms with Gasteiger partial charge in [0.05, 0.1) is 6.42 Å². The molecule has 3 N–H and O–H groups in total. The van der Waals surface area contributed by atoms with Crippen molar-refractivity contribution < 1.29 is 14.3 Å². The van der Waals surface area contributed by atoms with Crippen LogP contribution in [0.25, 0.3) is 0 Å². The Morgan fingerprint density at radius 2 is 1.56 bits per heavy atom. The molecule has 0 bridgehead atoms. The molecule has 0 fully saturated rings. The number of benzene rings is 3. The number of hydrogen-bond acceptors (Lipinski definition) is 3. The highest BCUT2D eigenvalue weighted by molar-refractivity contribution is 5.89. The van der Waals surface area contributed by atoms with Gasteiger partial charge in [0.15, 0.2) is 0 Å². The summed E-state index contributed by atoms with van der Waals surface area (Å²) in [4.78, 5) is 24.0. The summed E-state index contributed by atoms with van der Waals surface area (Å²) in [5.74, 6) is 0.702. The molecule has 3 amide bonds. The summed E-state index contributed by atoms with van der Waals surface area (Å²) in [5, 5.41) is 8.47. The predicted octanol–water partition coefficient (Wildman–Crippen LogP) is 4.66. The van der Waals surface area contributed by atoms with Gasteiger partial charge in [-0.2, -0.15) is 0 Å². The van der Waals surface area contributed by atoms with Gasteiger partial charge in [0, 0.05) is 18.8 Å². The minimum atomic E-state index is -0.229. The molecule has 0 radical (unpaired) electrons. The van der Waals surface area contributed by atoms with Crippen molar-refractivity contribution in [3.05, 3.63) is 95.6 Å². The first-order valence-electron chi connectivity index (χ1n) is 10.8. The molecular formula is C26H29N3O3. The van der Waals surface area contributed by atoms with Gasteiger partial charge in [0.2, 0.25) is 5.91 Å². The summed E-state index contributed by atoms with van der Waals surface area (Å²) in [6, 6.07) is 24.8. The molecule has 3 aromatic carbocycles. The second-order valence-corrected chi connectivity index (χ2v) is 7.45. The lowest BCUT2D eigenvalue weighted by molar-refractivity contribution is -0.120. The highest BCUT2D eigenvalue weighted by Gasteiger charge is 2.06. The van der Waals surface area contributed by atoms with E-state index < -0.39 is 0 Å². The lowest BCUT2D eigenvalue weighted by atomic mass is 10.1. The van der Waals surface area contributed by atoms with Crippen LogP contribution in [0.15, 0.2) is 78.9 Å². The van der Waals surface area contributed by atoms with Crippen LogP contribution in [-0.2, 0) is 24.4 Å². The first-order chi connectivity index (χ1) is 15.6. The summed E-state index contributed by atoms with van der Waals surface area (Å²) >= 11 is 0. The number of carbonyl (C=O) groups is 2. The molecular weight excluding hydrogens is 402 g/mol. The van der Waals surface area contributed by atoms with Gasteiger partial charge in [-0.3, -0.25) is 4.79 Å². The first-order valence-corrected chi connectivity index (χ1v) is 10.8. The minimum absolute atomic E-state index is 0.0676. The van der Waals surface area contributed by atoms with Crippen LogP contribution in [0.3, 0.4) is 0 Å². The van der Waals surface area contributed by atoms with Crippen LogP contribution in [0, 0.1) is 0 Å². The van der Waals surface area contributed by atoms with E-state index in [1.807, 2.05) is 73.7 Å². The van der Waals surface area contributed by atoms with Crippen LogP contribution in [0.4, 0.5) is 10.5 Å². The van der Waals surface area contributed by atoms with E-state index in [1.165, 1.54) is 0 Å². The van der Waals surface area contributed by atoms with Crippen molar-refractivity contribution in [1.29, 1.82) is 0 Å². The Morgan fingerprint density at radius 1 is 0.812 bits per heavy atom. The van der Waals surface area contributed by atoms with Crippen LogP contribution in [0.5, 0.6) is 5.75 Å². The third-order valence-corrected chi connectivity index (χ3v) is 4.75. The average molecular weight is 432 g/mol. The van der Waals surface area contributed by atoms with Crippen LogP contribution in [0.1, 0.15) is 30.0 Å². The van der Waals surface area contributed by atoms with Gasteiger partial charge < -0.3 is 20.7 Å². The van der Waals surface area contributed by atoms with Gasteiger partial charge in [0.1, 0.15) is 12.4 Å². The van der Waals surface area contributed by atoms with E-state index in [4.69, 9.17) is 4.74 Å². The zero-order chi connectivity index (χ0) is 22.6. The Balaban J connectivity index is 1.44. The summed E-state index contributed by atoms with van der Waals surface area (Å²) in [7, 11) is 0. The van der Waals surface area contributed by atoms with Crippen molar-refractivity contribution in [2.75, 3.05) is 11.9 Å². The molecule has 0 aromatic heterocycles. The standard InChI is InChI=1S/C26H29N3O3/c1-2-15-27-26(31)29-23-13-11-20(12-14-23)17-25(30)28-18-22-9-6-10-24(16-22)32-19-21-7-4-3-5-8-21/h3-14,16H,2,15,17-19H2,1H3,(H,28,30)(H2,27,29,31). The molecule has 6 nitrogen and oxygen atoms in total. The summed E-state index contributed by atoms with van der Waals surface area (Å²) in [5.41, 5.74) is 3.65. The van der Waals surface area contributed by atoms with Gasteiger partial charge in [-0.1, -0.05) is 61.5 Å². The summed E-state index contributed by atoms with van der Waals surface area (Å²) in [6.07, 6.45) is 1.15. The topological polar surface area (TPSA) is 79.5 Å². The number of anilines is 1. The predicted molar refractivity (Wildman–Crippen MR) is 127 cm³/mol. The molecule has 0 spiro atoms. The van der Waals surface area contributed by atoms with Crippen molar-refractivity contribution in [2.45, 2.75) is 32.9 Å². The maximum Gasteiger partial charge on any atom is 0.319 e. The van der Waals surface area contributed by atoms with Crippen molar-refractivity contribution in [2.24, 2.45) is 0 Å². The number of nitrogens with one attached hydrogen (secondary N) is 3. The second-order valence-electron chi connectivity index (χ2n) is 7.45. The number of amides is 3. The monoisotopic (exact) mass is 431 g/mol. The van der Waals surface area contributed by atoms with Gasteiger partial charge in [-0.05, 0) is 47.4 Å². The normalized spacial score (nSPS) is 10.3. The highest BCUT2D eigenvalue weighted by Crippen LogP contribution is 2.15. The number of ether oxygens (including phenoxy) is 1. The van der Waals surface area contributed by atoms with E-state index in [2.05, 4.69) is 16.0 Å². The van der Waals surface area contributed by atoms with E-state index in [-0.39, 0.29) is 18.4 Å². The lowest BCUT2D eigenvalue weighted by Crippen LogP contribution is -2.29. The Morgan fingerprint density at radius 3 is 2.31 bits per heavy atom. The Hall–Kier alpha value is -3.80. The maximum absolute atomic E-state index is 12.3. The zero-order valence-corrected chi connectivity index (χ0v) is 18.3. The number of hydrogen-bond donors (Lipinski definition) is 3. The fourth-order valence-electron chi connectivity index (χ4n) is 3.05. The molecule has 6 heteroatoms. The number of carbonyl (C=O) groups excluding carboxylic acids is 2. The SMILES string of the molecule is CCCNC(=O)Nc1ccc(CC(=O)NCc2cccc(OCc3ccccc3)c2)cc1. The van der Waals surface area contributed by atoms with E-state index in [0.29, 0.717) is 25.4 Å². The summed E-state index contributed by atoms with van der Waals surface area (Å²) < 4.78 is 5.85. The largest absolute Gasteiger partial charge is 0.489 e. The molecule has 0 saturated carbocycles. The van der Waals surface area contributed by atoms with Crippen LogP contribution in [0.2, 0.25) is 0 Å². The quantitative estimate of drug-likeness (QED) is 0.437.